The summed E-state index contributed by atoms with van der Waals surface area (Å²) in [6.45, 7) is 1.48. The Morgan fingerprint density at radius 2 is 1.72 bits per heavy atom. The maximum Gasteiger partial charge on any atom is 0.190 e. The van der Waals surface area contributed by atoms with Crippen molar-refractivity contribution < 1.29 is 8.42 Å². The van der Waals surface area contributed by atoms with Gasteiger partial charge >= 0.3 is 0 Å². The van der Waals surface area contributed by atoms with E-state index in [4.69, 9.17) is 0 Å². The minimum Gasteiger partial charge on any atom is -0.356 e. The second kappa shape index (κ2) is 14.7. The predicted octanol–water partition coefficient (Wildman–Crippen LogP) is 2.92. The molecule has 0 fully saturated rings. The molecule has 0 saturated heterocycles. The van der Waals surface area contributed by atoms with Crippen LogP contribution in [0.5, 0.6) is 0 Å². The Balaban J connectivity index is 0.00000576. The molecule has 0 heterocycles. The van der Waals surface area contributed by atoms with Crippen LogP contribution in [0.25, 0.3) is 0 Å². The van der Waals surface area contributed by atoms with Crippen molar-refractivity contribution in [3.8, 4) is 0 Å². The monoisotopic (exact) mass is 499 g/mol. The zero-order valence-electron chi connectivity index (χ0n) is 15.0. The maximum absolute atomic E-state index is 12.1. The van der Waals surface area contributed by atoms with Crippen LogP contribution < -0.4 is 10.6 Å². The number of guanidine groups is 1. The molecule has 0 spiro atoms. The minimum absolute atomic E-state index is 0. The summed E-state index contributed by atoms with van der Waals surface area (Å²) in [4.78, 5) is 4.15. The van der Waals surface area contributed by atoms with E-state index in [-0.39, 0.29) is 35.5 Å². The van der Waals surface area contributed by atoms with E-state index in [1.165, 1.54) is 12.2 Å². The second-order valence-corrected chi connectivity index (χ2v) is 8.73. The molecule has 1 aromatic carbocycles. The Morgan fingerprint density at radius 1 is 1.08 bits per heavy atom. The zero-order valence-corrected chi connectivity index (χ0v) is 19.0. The van der Waals surface area contributed by atoms with Crippen molar-refractivity contribution >= 4 is 51.5 Å². The molecule has 144 valence electrons. The molecule has 0 aliphatic heterocycles. The lowest BCUT2D eigenvalue weighted by atomic mass is 10.2. The van der Waals surface area contributed by atoms with E-state index in [1.807, 2.05) is 42.1 Å². The Bertz CT molecular complexity index is 581. The summed E-state index contributed by atoms with van der Waals surface area (Å²) in [5.74, 6) is 2.20. The van der Waals surface area contributed by atoms with Gasteiger partial charge in [-0.25, -0.2) is 8.42 Å². The highest BCUT2D eigenvalue weighted by atomic mass is 127. The van der Waals surface area contributed by atoms with Crippen LogP contribution in [-0.4, -0.2) is 52.3 Å². The standard InChI is InChI=1S/C17H29N3O2S2.HI/c1-18-17(19-11-6-7-13-23-2)20-12-8-14-24(21,22)15-16-9-4-3-5-10-16;/h3-5,9-10H,6-8,11-15H2,1-2H3,(H2,18,19,20);1H. The number of sulfone groups is 1. The lowest BCUT2D eigenvalue weighted by Gasteiger charge is -2.12. The predicted molar refractivity (Wildman–Crippen MR) is 121 cm³/mol. The van der Waals surface area contributed by atoms with Gasteiger partial charge in [0.1, 0.15) is 0 Å². The van der Waals surface area contributed by atoms with Crippen molar-refractivity contribution in [2.45, 2.75) is 25.0 Å². The average Bonchev–Trinajstić information content (AvgIpc) is 2.57. The molecule has 0 aliphatic carbocycles. The molecule has 1 aromatic rings. The number of hydrogen-bond donors (Lipinski definition) is 2. The average molecular weight is 499 g/mol. The molecule has 0 bridgehead atoms. The summed E-state index contributed by atoms with van der Waals surface area (Å²) in [6.07, 6.45) is 4.97. The SMILES string of the molecule is CN=C(NCCCCSC)NCCCS(=O)(=O)Cc1ccccc1.I. The van der Waals surface area contributed by atoms with E-state index in [1.54, 1.807) is 7.05 Å². The summed E-state index contributed by atoms with van der Waals surface area (Å²) >= 11 is 1.86. The van der Waals surface area contributed by atoms with Gasteiger partial charge in [-0.05, 0) is 36.8 Å². The summed E-state index contributed by atoms with van der Waals surface area (Å²) in [7, 11) is -1.34. The van der Waals surface area contributed by atoms with Crippen LogP contribution in [0.15, 0.2) is 35.3 Å². The Hall–Kier alpha value is -0.480. The fourth-order valence-corrected chi connectivity index (χ4v) is 4.12. The molecule has 0 aliphatic rings. The molecule has 0 saturated carbocycles. The molecule has 0 amide bonds. The third-order valence-electron chi connectivity index (χ3n) is 3.45. The van der Waals surface area contributed by atoms with Crippen LogP contribution in [0.3, 0.4) is 0 Å². The van der Waals surface area contributed by atoms with E-state index in [0.717, 1.165) is 24.5 Å². The van der Waals surface area contributed by atoms with Gasteiger partial charge in [-0.2, -0.15) is 11.8 Å². The number of halogens is 1. The molecular weight excluding hydrogens is 469 g/mol. The molecule has 0 radical (unpaired) electrons. The van der Waals surface area contributed by atoms with E-state index < -0.39 is 9.84 Å². The van der Waals surface area contributed by atoms with Gasteiger partial charge in [-0.3, -0.25) is 4.99 Å². The first-order valence-corrected chi connectivity index (χ1v) is 11.5. The number of unbranched alkanes of at least 4 members (excludes halogenated alkanes) is 1. The highest BCUT2D eigenvalue weighted by Crippen LogP contribution is 2.06. The topological polar surface area (TPSA) is 70.6 Å². The minimum atomic E-state index is -3.07. The highest BCUT2D eigenvalue weighted by Gasteiger charge is 2.11. The molecule has 2 N–H and O–H groups in total. The number of hydrogen-bond acceptors (Lipinski definition) is 4. The number of thioether (sulfide) groups is 1. The lowest BCUT2D eigenvalue weighted by molar-refractivity contribution is 0.591. The molecule has 5 nitrogen and oxygen atoms in total. The second-order valence-electron chi connectivity index (χ2n) is 5.56. The number of nitrogens with zero attached hydrogens (tertiary/aromatic N) is 1. The molecule has 0 atom stereocenters. The summed E-state index contributed by atoms with van der Waals surface area (Å²) < 4.78 is 24.2. The maximum atomic E-state index is 12.1. The molecule has 25 heavy (non-hydrogen) atoms. The Morgan fingerprint density at radius 3 is 2.32 bits per heavy atom. The fourth-order valence-electron chi connectivity index (χ4n) is 2.20. The van der Waals surface area contributed by atoms with Crippen LogP contribution in [-0.2, 0) is 15.6 Å². The number of benzene rings is 1. The first-order chi connectivity index (χ1) is 11.6. The quantitative estimate of drug-likeness (QED) is 0.212. The van der Waals surface area contributed by atoms with Crippen molar-refractivity contribution in [3.63, 3.8) is 0 Å². The van der Waals surface area contributed by atoms with Crippen molar-refractivity contribution in [3.05, 3.63) is 35.9 Å². The molecule has 0 aromatic heterocycles. The van der Waals surface area contributed by atoms with Gasteiger partial charge in [-0.1, -0.05) is 30.3 Å². The van der Waals surface area contributed by atoms with Crippen molar-refractivity contribution in [1.29, 1.82) is 0 Å². The third kappa shape index (κ3) is 12.5. The van der Waals surface area contributed by atoms with Gasteiger partial charge in [0.05, 0.1) is 11.5 Å². The van der Waals surface area contributed by atoms with Crippen LogP contribution in [0.1, 0.15) is 24.8 Å². The first kappa shape index (κ1) is 24.5. The van der Waals surface area contributed by atoms with Crippen LogP contribution in [0, 0.1) is 0 Å². The van der Waals surface area contributed by atoms with Crippen LogP contribution in [0.2, 0.25) is 0 Å². The zero-order chi connectivity index (χ0) is 17.7. The number of rotatable bonds is 11. The van der Waals surface area contributed by atoms with Crippen molar-refractivity contribution in [2.75, 3.05) is 37.9 Å². The van der Waals surface area contributed by atoms with Crippen molar-refractivity contribution in [2.24, 2.45) is 4.99 Å². The molecule has 0 unspecified atom stereocenters. The van der Waals surface area contributed by atoms with Crippen molar-refractivity contribution in [1.82, 2.24) is 10.6 Å². The van der Waals surface area contributed by atoms with Gasteiger partial charge < -0.3 is 10.6 Å². The fraction of sp³-hybridized carbons (Fsp3) is 0.588. The summed E-state index contributed by atoms with van der Waals surface area (Å²) in [5.41, 5.74) is 0.841. The Kier molecular flexibility index (Phi) is 14.4. The van der Waals surface area contributed by atoms with Gasteiger partial charge in [0.25, 0.3) is 0 Å². The highest BCUT2D eigenvalue weighted by molar-refractivity contribution is 14.0. The van der Waals surface area contributed by atoms with Crippen LogP contribution >= 0.6 is 35.7 Å². The summed E-state index contributed by atoms with van der Waals surface area (Å²) in [5, 5.41) is 6.41. The Labute approximate surface area is 173 Å². The smallest absolute Gasteiger partial charge is 0.190 e. The van der Waals surface area contributed by atoms with Gasteiger partial charge in [0, 0.05) is 20.1 Å². The number of nitrogens with one attached hydrogen (secondary N) is 2. The summed E-state index contributed by atoms with van der Waals surface area (Å²) in [6, 6.07) is 9.31. The van der Waals surface area contributed by atoms with E-state index in [2.05, 4.69) is 21.9 Å². The van der Waals surface area contributed by atoms with E-state index >= 15 is 0 Å². The molecule has 8 heteroatoms. The number of aliphatic imine (C=N–C) groups is 1. The normalized spacial score (nSPS) is 11.7. The lowest BCUT2D eigenvalue weighted by Crippen LogP contribution is -2.38. The largest absolute Gasteiger partial charge is 0.356 e. The molecule has 1 rings (SSSR count). The van der Waals surface area contributed by atoms with Gasteiger partial charge in [0.2, 0.25) is 0 Å². The van der Waals surface area contributed by atoms with Crippen LogP contribution in [0.4, 0.5) is 0 Å². The molecular formula is C17H30IN3O2S2. The van der Waals surface area contributed by atoms with Gasteiger partial charge in [0.15, 0.2) is 15.8 Å². The first-order valence-electron chi connectivity index (χ1n) is 8.25. The van der Waals surface area contributed by atoms with E-state index in [9.17, 15) is 8.42 Å². The third-order valence-corrected chi connectivity index (χ3v) is 5.83. The van der Waals surface area contributed by atoms with Gasteiger partial charge in [-0.15, -0.1) is 24.0 Å². The van der Waals surface area contributed by atoms with E-state index in [0.29, 0.717) is 13.0 Å².